The summed E-state index contributed by atoms with van der Waals surface area (Å²) in [5.41, 5.74) is 5.35. The summed E-state index contributed by atoms with van der Waals surface area (Å²) < 4.78 is 1.66. The first-order valence-corrected chi connectivity index (χ1v) is 8.66. The van der Waals surface area contributed by atoms with Crippen LogP contribution in [0.1, 0.15) is 34.7 Å². The summed E-state index contributed by atoms with van der Waals surface area (Å²) in [5, 5.41) is 0.791. The molecule has 0 amide bonds. The lowest BCUT2D eigenvalue weighted by Gasteiger charge is -2.30. The summed E-state index contributed by atoms with van der Waals surface area (Å²) in [6.07, 6.45) is 7.56. The Hall–Kier alpha value is -1.64. The lowest BCUT2D eigenvalue weighted by molar-refractivity contribution is 0.292. The number of rotatable bonds is 3. The van der Waals surface area contributed by atoms with Gasteiger partial charge in [0.15, 0.2) is 0 Å². The molecule has 0 N–H and O–H groups in total. The van der Waals surface area contributed by atoms with Gasteiger partial charge in [0.05, 0.1) is 6.04 Å². The van der Waals surface area contributed by atoms with Crippen molar-refractivity contribution >= 4 is 23.4 Å². The van der Waals surface area contributed by atoms with Crippen LogP contribution in [0.4, 0.5) is 0 Å². The van der Waals surface area contributed by atoms with Crippen LogP contribution in [-0.4, -0.2) is 16.0 Å². The first-order valence-electron chi connectivity index (χ1n) is 7.95. The van der Waals surface area contributed by atoms with Gasteiger partial charge in [-0.05, 0) is 47.6 Å². The van der Waals surface area contributed by atoms with Gasteiger partial charge in [-0.15, -0.1) is 0 Å². The maximum Gasteiger partial charge on any atom is 0.106 e. The predicted molar refractivity (Wildman–Crippen MR) is 95.3 cm³/mol. The largest absolute Gasteiger partial charge is 0.346 e. The van der Waals surface area contributed by atoms with Gasteiger partial charge in [-0.3, -0.25) is 4.42 Å². The Balaban J connectivity index is 1.79. The fraction of sp³-hybridized carbons (Fsp3) is 0.263. The van der Waals surface area contributed by atoms with E-state index in [-0.39, 0.29) is 6.04 Å². The van der Waals surface area contributed by atoms with Crippen molar-refractivity contribution in [1.29, 1.82) is 0 Å². The molecule has 0 saturated carbocycles. The summed E-state index contributed by atoms with van der Waals surface area (Å²) >= 11 is 12.6. The van der Waals surface area contributed by atoms with Crippen molar-refractivity contribution in [2.45, 2.75) is 25.3 Å². The van der Waals surface area contributed by atoms with Crippen molar-refractivity contribution in [3.05, 3.63) is 82.1 Å². The molecule has 4 heteroatoms. The summed E-state index contributed by atoms with van der Waals surface area (Å²) in [6.45, 7) is 0.647. The third-order valence-electron chi connectivity index (χ3n) is 4.69. The molecule has 118 valence electrons. The van der Waals surface area contributed by atoms with Crippen LogP contribution in [0.3, 0.4) is 0 Å². The molecular weight excluding hydrogens is 327 g/mol. The van der Waals surface area contributed by atoms with Crippen LogP contribution in [0.2, 0.25) is 5.02 Å². The zero-order chi connectivity index (χ0) is 15.8. The minimum Gasteiger partial charge on any atom is -0.346 e. The van der Waals surface area contributed by atoms with E-state index in [4.69, 9.17) is 23.4 Å². The number of hydrogen-bond acceptors (Lipinski definition) is 2. The third kappa shape index (κ3) is 2.82. The van der Waals surface area contributed by atoms with Crippen LogP contribution in [0.5, 0.6) is 0 Å². The van der Waals surface area contributed by atoms with E-state index in [9.17, 15) is 0 Å². The number of aryl methyl sites for hydroxylation is 2. The highest BCUT2D eigenvalue weighted by molar-refractivity contribution is 6.31. The van der Waals surface area contributed by atoms with Gasteiger partial charge in [0.25, 0.3) is 0 Å². The Labute approximate surface area is 147 Å². The Kier molecular flexibility index (Phi) is 3.96. The highest BCUT2D eigenvalue weighted by Gasteiger charge is 2.26. The average molecular weight is 345 g/mol. The van der Waals surface area contributed by atoms with Gasteiger partial charge in [0.1, 0.15) is 6.67 Å². The van der Waals surface area contributed by atoms with Gasteiger partial charge in [0, 0.05) is 29.2 Å². The maximum atomic E-state index is 6.50. The molecule has 1 unspecified atom stereocenters. The van der Waals surface area contributed by atoms with Crippen molar-refractivity contribution < 1.29 is 0 Å². The number of halogens is 2. The van der Waals surface area contributed by atoms with E-state index in [2.05, 4.69) is 29.2 Å². The zero-order valence-corrected chi connectivity index (χ0v) is 14.3. The molecule has 1 aliphatic carbocycles. The quantitative estimate of drug-likeness (QED) is 0.713. The molecule has 0 spiro atoms. The standard InChI is InChI=1S/C19H18Cl2N2/c20-18-7-2-1-6-17(18)19(22-10-11-23(21)13-22)16-9-8-14-4-3-5-15(14)12-16/h1-2,6-12,19H,3-5,13H2. The highest BCUT2D eigenvalue weighted by Crippen LogP contribution is 2.37. The average Bonchev–Trinajstić information content (AvgIpc) is 3.18. The molecule has 0 saturated heterocycles. The van der Waals surface area contributed by atoms with E-state index in [1.807, 2.05) is 30.6 Å². The van der Waals surface area contributed by atoms with Crippen molar-refractivity contribution in [3.63, 3.8) is 0 Å². The second-order valence-electron chi connectivity index (χ2n) is 6.16. The Bertz CT molecular complexity index is 757. The molecule has 0 bridgehead atoms. The van der Waals surface area contributed by atoms with E-state index in [1.165, 1.54) is 36.0 Å². The normalized spacial score (nSPS) is 17.7. The Morgan fingerprint density at radius 3 is 2.57 bits per heavy atom. The van der Waals surface area contributed by atoms with E-state index in [0.29, 0.717) is 6.67 Å². The highest BCUT2D eigenvalue weighted by atomic mass is 35.5. The van der Waals surface area contributed by atoms with Crippen LogP contribution in [0.15, 0.2) is 54.9 Å². The van der Waals surface area contributed by atoms with E-state index >= 15 is 0 Å². The monoisotopic (exact) mass is 344 g/mol. The van der Waals surface area contributed by atoms with Gasteiger partial charge in [0.2, 0.25) is 0 Å². The number of benzene rings is 2. The van der Waals surface area contributed by atoms with E-state index < -0.39 is 0 Å². The van der Waals surface area contributed by atoms with Crippen molar-refractivity contribution in [2.24, 2.45) is 0 Å². The molecule has 4 rings (SSSR count). The summed E-state index contributed by atoms with van der Waals surface area (Å²) in [4.78, 5) is 2.23. The van der Waals surface area contributed by atoms with Gasteiger partial charge in [-0.2, -0.15) is 0 Å². The fourth-order valence-corrected chi connectivity index (χ4v) is 4.00. The minimum absolute atomic E-state index is 0.0783. The molecule has 2 aliphatic rings. The van der Waals surface area contributed by atoms with Crippen LogP contribution >= 0.6 is 23.4 Å². The minimum atomic E-state index is 0.0783. The van der Waals surface area contributed by atoms with Crippen LogP contribution in [0, 0.1) is 0 Å². The second-order valence-corrected chi connectivity index (χ2v) is 7.00. The molecular formula is C19H18Cl2N2. The van der Waals surface area contributed by atoms with Crippen LogP contribution in [0.25, 0.3) is 0 Å². The van der Waals surface area contributed by atoms with Crippen LogP contribution < -0.4 is 0 Å². The number of nitrogens with zero attached hydrogens (tertiary/aromatic N) is 2. The van der Waals surface area contributed by atoms with Gasteiger partial charge >= 0.3 is 0 Å². The van der Waals surface area contributed by atoms with Gasteiger partial charge in [-0.25, -0.2) is 0 Å². The molecule has 23 heavy (non-hydrogen) atoms. The molecule has 2 aromatic carbocycles. The van der Waals surface area contributed by atoms with E-state index in [0.717, 1.165) is 10.6 Å². The second kappa shape index (κ2) is 6.10. The predicted octanol–water partition coefficient (Wildman–Crippen LogP) is 5.12. The van der Waals surface area contributed by atoms with Crippen LogP contribution in [-0.2, 0) is 12.8 Å². The van der Waals surface area contributed by atoms with Crippen molar-refractivity contribution in [2.75, 3.05) is 6.67 Å². The maximum absolute atomic E-state index is 6.50. The fourth-order valence-electron chi connectivity index (χ4n) is 3.58. The molecule has 0 aromatic heterocycles. The van der Waals surface area contributed by atoms with Crippen molar-refractivity contribution in [3.8, 4) is 0 Å². The molecule has 2 nitrogen and oxygen atoms in total. The summed E-state index contributed by atoms with van der Waals surface area (Å²) in [5.74, 6) is 0. The van der Waals surface area contributed by atoms with Crippen molar-refractivity contribution in [1.82, 2.24) is 9.32 Å². The Morgan fingerprint density at radius 1 is 0.957 bits per heavy atom. The van der Waals surface area contributed by atoms with Gasteiger partial charge < -0.3 is 4.90 Å². The zero-order valence-electron chi connectivity index (χ0n) is 12.8. The lowest BCUT2D eigenvalue weighted by Crippen LogP contribution is -2.26. The molecule has 1 aliphatic heterocycles. The topological polar surface area (TPSA) is 6.48 Å². The number of fused-ring (bicyclic) bond motifs is 1. The third-order valence-corrected chi connectivity index (χ3v) is 5.25. The lowest BCUT2D eigenvalue weighted by atomic mass is 9.94. The SMILES string of the molecule is Clc1ccccc1C(c1ccc2c(c1)CCC2)N1C=CN(Cl)C1. The Morgan fingerprint density at radius 2 is 1.78 bits per heavy atom. The first-order chi connectivity index (χ1) is 11.2. The molecule has 0 radical (unpaired) electrons. The van der Waals surface area contributed by atoms with E-state index in [1.54, 1.807) is 4.42 Å². The molecule has 1 atom stereocenters. The summed E-state index contributed by atoms with van der Waals surface area (Å²) in [6, 6.07) is 15.0. The smallest absolute Gasteiger partial charge is 0.106 e. The molecule has 0 fully saturated rings. The summed E-state index contributed by atoms with van der Waals surface area (Å²) in [7, 11) is 0. The molecule has 2 aromatic rings. The number of hydrogen-bond donors (Lipinski definition) is 0. The van der Waals surface area contributed by atoms with Gasteiger partial charge in [-0.1, -0.05) is 48.0 Å². The molecule has 1 heterocycles. The first kappa shape index (κ1) is 14.9.